The quantitative estimate of drug-likeness (QED) is 0.153. The number of hydrogen-bond donors (Lipinski definition) is 0. The van der Waals surface area contributed by atoms with Crippen LogP contribution in [0.5, 0.6) is 0 Å². The lowest BCUT2D eigenvalue weighted by atomic mass is 9.97. The van der Waals surface area contributed by atoms with E-state index in [9.17, 15) is 0 Å². The minimum Gasteiger partial charge on any atom is -0.397 e. The van der Waals surface area contributed by atoms with Crippen LogP contribution in [0.2, 0.25) is 44.3 Å². The molecular weight excluding hydrogens is 569 g/mol. The van der Waals surface area contributed by atoms with Crippen LogP contribution in [0.15, 0.2) is 0 Å². The van der Waals surface area contributed by atoms with Crippen LogP contribution in [0.3, 0.4) is 0 Å². The van der Waals surface area contributed by atoms with Crippen molar-refractivity contribution >= 4 is 61.7 Å². The van der Waals surface area contributed by atoms with Gasteiger partial charge in [-0.15, -0.1) is 0 Å². The predicted octanol–water partition coefficient (Wildman–Crippen LogP) is 3.81. The zero-order valence-electron chi connectivity index (χ0n) is 27.1. The van der Waals surface area contributed by atoms with Crippen molar-refractivity contribution in [2.24, 2.45) is 0 Å². The largest absolute Gasteiger partial charge is 0.397 e. The fourth-order valence-electron chi connectivity index (χ4n) is 5.49. The molecule has 39 heavy (non-hydrogen) atoms. The Balaban J connectivity index is 3.31. The first kappa shape index (κ1) is 36.9. The van der Waals surface area contributed by atoms with Crippen LogP contribution in [-0.2, 0) is 30.5 Å². The van der Waals surface area contributed by atoms with Crippen LogP contribution >= 0.6 is 0 Å². The molecule has 1 rings (SSSR count). The van der Waals surface area contributed by atoms with Crippen molar-refractivity contribution in [3.05, 3.63) is 16.7 Å². The smallest absolute Gasteiger partial charge is 0.384 e. The van der Waals surface area contributed by atoms with Crippen molar-refractivity contribution in [1.29, 1.82) is 0 Å². The summed E-state index contributed by atoms with van der Waals surface area (Å²) in [4.78, 5) is 5.15. The summed E-state index contributed by atoms with van der Waals surface area (Å²) in [5.74, 6) is 0. The van der Waals surface area contributed by atoms with Crippen molar-refractivity contribution in [2.45, 2.75) is 84.4 Å². The molecule has 0 N–H and O–H groups in total. The molecule has 0 bridgehead atoms. The average Bonchev–Trinajstić information content (AvgIpc) is 2.91. The van der Waals surface area contributed by atoms with Gasteiger partial charge in [0.05, 0.1) is 27.1 Å². The molecule has 1 aromatic carbocycles. The van der Waals surface area contributed by atoms with E-state index < -0.39 is 36.2 Å². The SMILES string of the molecule is CCN(CC)c1c(CC[Si]CN(C)CCC[Si](OC)OC)c([Si](C)C)c(CC[Si](OC)OC)c(C)c1[Si](C)C. The van der Waals surface area contributed by atoms with Crippen molar-refractivity contribution in [3.63, 3.8) is 0 Å². The third-order valence-corrected chi connectivity index (χ3v) is 15.2. The molecule has 0 aliphatic heterocycles. The summed E-state index contributed by atoms with van der Waals surface area (Å²) < 4.78 is 22.3. The second-order valence-electron chi connectivity index (χ2n) is 10.5. The summed E-state index contributed by atoms with van der Waals surface area (Å²) in [7, 11) is 6.74. The average molecular weight is 625 g/mol. The summed E-state index contributed by atoms with van der Waals surface area (Å²) >= 11 is 0. The van der Waals surface area contributed by atoms with E-state index in [0.29, 0.717) is 0 Å². The van der Waals surface area contributed by atoms with Gasteiger partial charge in [-0.05, 0) is 93.8 Å². The first-order valence-electron chi connectivity index (χ1n) is 14.4. The molecule has 0 unspecified atom stereocenters. The second-order valence-corrected chi connectivity index (χ2v) is 20.9. The summed E-state index contributed by atoms with van der Waals surface area (Å²) in [6, 6.07) is 3.30. The van der Waals surface area contributed by atoms with Gasteiger partial charge in [0, 0.05) is 47.2 Å². The molecule has 0 atom stereocenters. The molecule has 0 amide bonds. The molecule has 0 heterocycles. The summed E-state index contributed by atoms with van der Waals surface area (Å²) in [6.07, 6.45) is 4.56. The van der Waals surface area contributed by atoms with Gasteiger partial charge in [-0.3, -0.25) is 0 Å². The van der Waals surface area contributed by atoms with Gasteiger partial charge in [-0.25, -0.2) is 0 Å². The third-order valence-electron chi connectivity index (χ3n) is 7.38. The number of rotatable bonds is 21. The standard InChI is InChI=1S/C28H56N2O4Si5/c1-13-30(14-2)26-25(16-19-35-22-29(4)18-15-20-38(31-5)32-6)28(37(11)12)24(17-21-39(33-7)34-8)23(3)27(26)36(9)10/h13-22H2,1-12H3. The second kappa shape index (κ2) is 19.9. The van der Waals surface area contributed by atoms with E-state index in [-0.39, 0.29) is 0 Å². The van der Waals surface area contributed by atoms with Gasteiger partial charge in [0.2, 0.25) is 0 Å². The number of benzene rings is 1. The molecule has 6 nitrogen and oxygen atoms in total. The highest BCUT2D eigenvalue weighted by Crippen LogP contribution is 2.26. The number of anilines is 1. The molecule has 0 saturated carbocycles. The van der Waals surface area contributed by atoms with Gasteiger partial charge >= 0.3 is 18.6 Å². The van der Waals surface area contributed by atoms with Gasteiger partial charge in [0.25, 0.3) is 0 Å². The molecule has 0 spiro atoms. The molecule has 0 saturated heterocycles. The van der Waals surface area contributed by atoms with Crippen LogP contribution < -0.4 is 15.3 Å². The molecule has 222 valence electrons. The van der Waals surface area contributed by atoms with E-state index in [1.807, 2.05) is 0 Å². The zero-order valence-corrected chi connectivity index (χ0v) is 32.1. The Hall–Kier alpha value is -0.0956. The maximum absolute atomic E-state index is 5.69. The molecule has 1 aromatic rings. The minimum absolute atomic E-state index is 0.644. The number of nitrogens with zero attached hydrogens (tertiary/aromatic N) is 2. The fraction of sp³-hybridized carbons (Fsp3) is 0.786. The van der Waals surface area contributed by atoms with Crippen LogP contribution in [0.4, 0.5) is 5.69 Å². The van der Waals surface area contributed by atoms with Crippen LogP contribution in [0.1, 0.15) is 37.0 Å². The minimum atomic E-state index is -1.21. The Labute approximate surface area is 250 Å². The van der Waals surface area contributed by atoms with E-state index in [4.69, 9.17) is 17.7 Å². The van der Waals surface area contributed by atoms with Gasteiger partial charge < -0.3 is 27.5 Å². The zero-order chi connectivity index (χ0) is 29.5. The first-order chi connectivity index (χ1) is 18.6. The summed E-state index contributed by atoms with van der Waals surface area (Å²) in [5, 5.41) is 3.37. The number of hydrogen-bond acceptors (Lipinski definition) is 6. The van der Waals surface area contributed by atoms with Crippen LogP contribution in [0.25, 0.3) is 0 Å². The molecular formula is C28H56N2O4Si5. The molecule has 0 aliphatic carbocycles. The molecule has 0 aromatic heterocycles. The van der Waals surface area contributed by atoms with Gasteiger partial charge in [0.1, 0.15) is 0 Å². The Morgan fingerprint density at radius 2 is 1.28 bits per heavy atom. The summed E-state index contributed by atoms with van der Waals surface area (Å²) in [5.41, 5.74) is 6.44. The molecule has 6 radical (unpaired) electrons. The molecule has 11 heteroatoms. The van der Waals surface area contributed by atoms with E-state index in [0.717, 1.165) is 54.1 Å². The highest BCUT2D eigenvalue weighted by molar-refractivity contribution is 6.75. The lowest BCUT2D eigenvalue weighted by molar-refractivity contribution is 0.273. The monoisotopic (exact) mass is 624 g/mol. The van der Waals surface area contributed by atoms with E-state index in [1.54, 1.807) is 61.2 Å². The Morgan fingerprint density at radius 1 is 0.744 bits per heavy atom. The Morgan fingerprint density at radius 3 is 1.77 bits per heavy atom. The van der Waals surface area contributed by atoms with E-state index in [1.165, 1.54) is 18.6 Å². The Kier molecular flexibility index (Phi) is 18.9. The fourth-order valence-corrected chi connectivity index (χ4v) is 12.1. The van der Waals surface area contributed by atoms with E-state index in [2.05, 4.69) is 63.8 Å². The highest BCUT2D eigenvalue weighted by atomic mass is 28.3. The predicted molar refractivity (Wildman–Crippen MR) is 178 cm³/mol. The van der Waals surface area contributed by atoms with Gasteiger partial charge in [0.15, 0.2) is 0 Å². The van der Waals surface area contributed by atoms with Crippen molar-refractivity contribution in [1.82, 2.24) is 4.90 Å². The Bertz CT molecular complexity index is 820. The van der Waals surface area contributed by atoms with Gasteiger partial charge in [-0.1, -0.05) is 37.4 Å². The maximum atomic E-state index is 5.69. The normalized spacial score (nSPS) is 12.2. The molecule has 0 aliphatic rings. The maximum Gasteiger partial charge on any atom is 0.384 e. The molecule has 0 fully saturated rings. The lowest BCUT2D eigenvalue weighted by Gasteiger charge is -2.34. The summed E-state index contributed by atoms with van der Waals surface area (Å²) in [6.45, 7) is 20.2. The van der Waals surface area contributed by atoms with Crippen molar-refractivity contribution in [2.75, 3.05) is 66.2 Å². The third kappa shape index (κ3) is 11.3. The first-order valence-corrected chi connectivity index (χ1v) is 23.9. The van der Waals surface area contributed by atoms with Crippen LogP contribution in [-0.4, -0.2) is 112 Å². The van der Waals surface area contributed by atoms with Crippen molar-refractivity contribution in [3.8, 4) is 0 Å². The van der Waals surface area contributed by atoms with Gasteiger partial charge in [-0.2, -0.15) is 0 Å². The highest BCUT2D eigenvalue weighted by Gasteiger charge is 2.28. The topological polar surface area (TPSA) is 43.4 Å². The van der Waals surface area contributed by atoms with E-state index >= 15 is 0 Å². The lowest BCUT2D eigenvalue weighted by Crippen LogP contribution is -2.44. The van der Waals surface area contributed by atoms with Crippen molar-refractivity contribution < 1.29 is 17.7 Å². The van der Waals surface area contributed by atoms with Crippen LogP contribution in [0, 0.1) is 6.92 Å².